The van der Waals surface area contributed by atoms with Gasteiger partial charge in [0.15, 0.2) is 5.58 Å². The average Bonchev–Trinajstić information content (AvgIpc) is 2.99. The third kappa shape index (κ3) is 5.98. The summed E-state index contributed by atoms with van der Waals surface area (Å²) in [6.45, 7) is 5.65. The van der Waals surface area contributed by atoms with Crippen molar-refractivity contribution >= 4 is 34.6 Å². The standard InChI is InChI=1S/C23H25ClN2O5/c1-14(2)30-22(28)13-18(16-6-4-15(3)5-7-16)25-21(27)10-11-26-19-9-8-17(24)12-20(19)31-23(26)29/h4-9,12,14,18H,10-11,13H2,1-3H3,(H,25,27)/t18-/m1/s1. The zero-order chi connectivity index (χ0) is 22.5. The number of nitrogens with zero attached hydrogens (tertiary/aromatic N) is 1. The Morgan fingerprint density at radius 1 is 1.16 bits per heavy atom. The van der Waals surface area contributed by atoms with E-state index in [4.69, 9.17) is 20.8 Å². The molecule has 3 rings (SSSR count). The van der Waals surface area contributed by atoms with Gasteiger partial charge in [0, 0.05) is 24.1 Å². The number of benzene rings is 2. The SMILES string of the molecule is Cc1ccc([C@@H](CC(=O)OC(C)C)NC(=O)CCn2c(=O)oc3cc(Cl)ccc32)cc1. The van der Waals surface area contributed by atoms with Gasteiger partial charge >= 0.3 is 11.7 Å². The lowest BCUT2D eigenvalue weighted by Crippen LogP contribution is -2.32. The minimum atomic E-state index is -0.555. The maximum atomic E-state index is 12.7. The van der Waals surface area contributed by atoms with E-state index in [1.807, 2.05) is 31.2 Å². The van der Waals surface area contributed by atoms with Gasteiger partial charge in [-0.3, -0.25) is 14.2 Å². The van der Waals surface area contributed by atoms with E-state index >= 15 is 0 Å². The number of ether oxygens (including phenoxy) is 1. The molecule has 8 heteroatoms. The fourth-order valence-electron chi connectivity index (χ4n) is 3.26. The zero-order valence-electron chi connectivity index (χ0n) is 17.7. The number of esters is 1. The van der Waals surface area contributed by atoms with Crippen molar-refractivity contribution in [2.45, 2.75) is 52.3 Å². The summed E-state index contributed by atoms with van der Waals surface area (Å²) in [5.74, 6) is -1.24. The minimum Gasteiger partial charge on any atom is -0.463 e. The minimum absolute atomic E-state index is 0.0140. The molecule has 0 saturated heterocycles. The number of carbonyl (C=O) groups is 2. The van der Waals surface area contributed by atoms with Gasteiger partial charge in [-0.15, -0.1) is 0 Å². The molecular formula is C23H25ClN2O5. The van der Waals surface area contributed by atoms with Gasteiger partial charge in [0.25, 0.3) is 0 Å². The molecule has 0 fully saturated rings. The van der Waals surface area contributed by atoms with Crippen LogP contribution in [0.25, 0.3) is 11.1 Å². The zero-order valence-corrected chi connectivity index (χ0v) is 18.4. The molecule has 164 valence electrons. The van der Waals surface area contributed by atoms with Crippen molar-refractivity contribution in [1.82, 2.24) is 9.88 Å². The molecule has 31 heavy (non-hydrogen) atoms. The van der Waals surface area contributed by atoms with Crippen LogP contribution in [0, 0.1) is 6.92 Å². The first kappa shape index (κ1) is 22.6. The highest BCUT2D eigenvalue weighted by Crippen LogP contribution is 2.20. The molecule has 1 amide bonds. The molecule has 1 N–H and O–H groups in total. The van der Waals surface area contributed by atoms with E-state index < -0.39 is 17.8 Å². The topological polar surface area (TPSA) is 90.5 Å². The van der Waals surface area contributed by atoms with Gasteiger partial charge in [-0.25, -0.2) is 4.79 Å². The largest absolute Gasteiger partial charge is 0.463 e. The lowest BCUT2D eigenvalue weighted by atomic mass is 10.0. The molecule has 0 unspecified atom stereocenters. The summed E-state index contributed by atoms with van der Waals surface area (Å²) < 4.78 is 11.8. The lowest BCUT2D eigenvalue weighted by molar-refractivity contribution is -0.148. The molecule has 2 aromatic carbocycles. The first-order chi connectivity index (χ1) is 14.7. The van der Waals surface area contributed by atoms with E-state index in [1.54, 1.807) is 32.0 Å². The summed E-state index contributed by atoms with van der Waals surface area (Å²) in [5.41, 5.74) is 2.81. The maximum Gasteiger partial charge on any atom is 0.419 e. The van der Waals surface area contributed by atoms with Crippen LogP contribution in [-0.4, -0.2) is 22.5 Å². The Labute approximate surface area is 184 Å². The van der Waals surface area contributed by atoms with E-state index in [9.17, 15) is 14.4 Å². The van der Waals surface area contributed by atoms with Crippen LogP contribution in [0.5, 0.6) is 0 Å². The highest BCUT2D eigenvalue weighted by Gasteiger charge is 2.20. The predicted molar refractivity (Wildman–Crippen MR) is 118 cm³/mol. The normalized spacial score (nSPS) is 12.2. The number of aryl methyl sites for hydroxylation is 2. The number of rotatable bonds is 8. The number of amides is 1. The van der Waals surface area contributed by atoms with Gasteiger partial charge in [0.2, 0.25) is 5.91 Å². The van der Waals surface area contributed by atoms with Crippen LogP contribution in [0.4, 0.5) is 0 Å². The fraction of sp³-hybridized carbons (Fsp3) is 0.348. The van der Waals surface area contributed by atoms with E-state index in [0.29, 0.717) is 16.1 Å². The molecule has 0 aliphatic carbocycles. The Kier molecular flexibility index (Phi) is 7.17. The lowest BCUT2D eigenvalue weighted by Gasteiger charge is -2.20. The molecule has 3 aromatic rings. The first-order valence-corrected chi connectivity index (χ1v) is 10.4. The Bertz CT molecular complexity index is 1130. The first-order valence-electron chi connectivity index (χ1n) is 10.1. The second-order valence-electron chi connectivity index (χ2n) is 7.66. The Morgan fingerprint density at radius 2 is 1.87 bits per heavy atom. The smallest absolute Gasteiger partial charge is 0.419 e. The van der Waals surface area contributed by atoms with Crippen LogP contribution >= 0.6 is 11.6 Å². The van der Waals surface area contributed by atoms with Crippen LogP contribution in [0.3, 0.4) is 0 Å². The van der Waals surface area contributed by atoms with Crippen molar-refractivity contribution < 1.29 is 18.7 Å². The van der Waals surface area contributed by atoms with Crippen molar-refractivity contribution in [3.8, 4) is 0 Å². The van der Waals surface area contributed by atoms with Crippen molar-refractivity contribution in [3.05, 3.63) is 69.2 Å². The van der Waals surface area contributed by atoms with Crippen LogP contribution in [-0.2, 0) is 20.9 Å². The van der Waals surface area contributed by atoms with Gasteiger partial charge in [-0.1, -0.05) is 41.4 Å². The van der Waals surface area contributed by atoms with E-state index in [-0.39, 0.29) is 31.4 Å². The average molecular weight is 445 g/mol. The maximum absolute atomic E-state index is 12.7. The molecule has 0 saturated carbocycles. The highest BCUT2D eigenvalue weighted by molar-refractivity contribution is 6.31. The second kappa shape index (κ2) is 9.83. The van der Waals surface area contributed by atoms with Crippen LogP contribution in [0.1, 0.15) is 43.9 Å². The van der Waals surface area contributed by atoms with Crippen LogP contribution in [0.15, 0.2) is 51.7 Å². The van der Waals surface area contributed by atoms with Crippen LogP contribution in [0.2, 0.25) is 5.02 Å². The number of hydrogen-bond donors (Lipinski definition) is 1. The second-order valence-corrected chi connectivity index (χ2v) is 8.09. The molecule has 0 spiro atoms. The molecule has 0 radical (unpaired) electrons. The third-order valence-electron chi connectivity index (χ3n) is 4.75. The fourth-order valence-corrected chi connectivity index (χ4v) is 3.42. The molecule has 0 aliphatic rings. The number of carbonyl (C=O) groups excluding carboxylic acids is 2. The van der Waals surface area contributed by atoms with Crippen molar-refractivity contribution in [3.63, 3.8) is 0 Å². The number of hydrogen-bond acceptors (Lipinski definition) is 5. The molecular weight excluding hydrogens is 420 g/mol. The van der Waals surface area contributed by atoms with Crippen LogP contribution < -0.4 is 11.1 Å². The van der Waals surface area contributed by atoms with E-state index in [0.717, 1.165) is 11.1 Å². The van der Waals surface area contributed by atoms with Crippen molar-refractivity contribution in [2.24, 2.45) is 0 Å². The van der Waals surface area contributed by atoms with E-state index in [2.05, 4.69) is 5.32 Å². The number of oxazole rings is 1. The summed E-state index contributed by atoms with van der Waals surface area (Å²) >= 11 is 5.93. The number of halogens is 1. The summed E-state index contributed by atoms with van der Waals surface area (Å²) in [5, 5.41) is 3.35. The van der Waals surface area contributed by atoms with Gasteiger partial charge in [-0.05, 0) is 38.5 Å². The summed E-state index contributed by atoms with van der Waals surface area (Å²) in [6.07, 6.45) is -0.185. The molecule has 7 nitrogen and oxygen atoms in total. The number of nitrogens with one attached hydrogen (secondary N) is 1. The Hall–Kier alpha value is -3.06. The Morgan fingerprint density at radius 3 is 2.55 bits per heavy atom. The van der Waals surface area contributed by atoms with Gasteiger partial charge in [0.1, 0.15) is 0 Å². The van der Waals surface area contributed by atoms with Crippen molar-refractivity contribution in [1.29, 1.82) is 0 Å². The molecule has 0 bridgehead atoms. The quantitative estimate of drug-likeness (QED) is 0.527. The molecule has 1 aromatic heterocycles. The highest BCUT2D eigenvalue weighted by atomic mass is 35.5. The Balaban J connectivity index is 1.71. The molecule has 0 aliphatic heterocycles. The summed E-state index contributed by atoms with van der Waals surface area (Å²) in [6, 6.07) is 12.0. The number of aromatic nitrogens is 1. The predicted octanol–water partition coefficient (Wildman–Crippen LogP) is 4.15. The van der Waals surface area contributed by atoms with Gasteiger partial charge in [-0.2, -0.15) is 0 Å². The third-order valence-corrected chi connectivity index (χ3v) is 4.98. The number of fused-ring (bicyclic) bond motifs is 1. The summed E-state index contributed by atoms with van der Waals surface area (Å²) in [4.78, 5) is 37.0. The van der Waals surface area contributed by atoms with Gasteiger partial charge in [0.05, 0.1) is 24.1 Å². The summed E-state index contributed by atoms with van der Waals surface area (Å²) in [7, 11) is 0. The monoisotopic (exact) mass is 444 g/mol. The van der Waals surface area contributed by atoms with E-state index in [1.165, 1.54) is 4.57 Å². The molecule has 1 atom stereocenters. The molecule has 1 heterocycles. The van der Waals surface area contributed by atoms with Crippen molar-refractivity contribution in [2.75, 3.05) is 0 Å². The van der Waals surface area contributed by atoms with Gasteiger partial charge < -0.3 is 14.5 Å².